The van der Waals surface area contributed by atoms with Gasteiger partial charge in [0.05, 0.1) is 0 Å². The van der Waals surface area contributed by atoms with Crippen molar-refractivity contribution >= 4 is 0 Å². The van der Waals surface area contributed by atoms with Gasteiger partial charge in [0, 0.05) is 21.7 Å². The first-order valence-electron chi connectivity index (χ1n) is 7.93. The first kappa shape index (κ1) is 17.5. The van der Waals surface area contributed by atoms with Crippen LogP contribution in [0.5, 0.6) is 0 Å². The van der Waals surface area contributed by atoms with Crippen molar-refractivity contribution in [2.24, 2.45) is 0 Å². The molecule has 0 radical (unpaired) electrons. The van der Waals surface area contributed by atoms with E-state index in [4.69, 9.17) is 0 Å². The van der Waals surface area contributed by atoms with Crippen LogP contribution in [0.15, 0.2) is 36.4 Å². The van der Waals surface area contributed by atoms with Crippen molar-refractivity contribution in [1.82, 2.24) is 0 Å². The van der Waals surface area contributed by atoms with E-state index in [2.05, 4.69) is 77.9 Å². The van der Waals surface area contributed by atoms with Crippen LogP contribution < -0.4 is 0 Å². The summed E-state index contributed by atoms with van der Waals surface area (Å²) < 4.78 is 0. The molecule has 0 atom stereocenters. The van der Waals surface area contributed by atoms with Crippen molar-refractivity contribution in [3.63, 3.8) is 0 Å². The zero-order valence-corrected chi connectivity index (χ0v) is 16.2. The van der Waals surface area contributed by atoms with E-state index in [0.717, 1.165) is 6.42 Å². The van der Waals surface area contributed by atoms with Gasteiger partial charge in [-0.05, 0) is 50.6 Å². The number of hydrogen-bond donors (Lipinski definition) is 0. The van der Waals surface area contributed by atoms with E-state index in [-0.39, 0.29) is 32.5 Å². The average molecular weight is 326 g/mol. The largest absolute Gasteiger partial charge is 0.0579 e. The fraction of sp³-hybridized carbons (Fsp3) is 0.429. The molecule has 1 heteroatoms. The van der Waals surface area contributed by atoms with E-state index in [1.165, 1.54) is 33.4 Å². The minimum atomic E-state index is 0. The van der Waals surface area contributed by atoms with Crippen molar-refractivity contribution in [2.75, 3.05) is 0 Å². The standard InChI is InChI=1S/C21H26.Ti/c1-20(2,3)16-7-9-18-14(12-16)11-15-13-17(21(4,5)6)8-10-19(15)18;/h7-10,12-13H,11H2,1-6H3;. The molecule has 0 unspecified atom stereocenters. The molecule has 1 aliphatic rings. The Hall–Kier alpha value is -0.846. The maximum Gasteiger partial charge on any atom is 0 e. The first-order valence-corrected chi connectivity index (χ1v) is 7.93. The van der Waals surface area contributed by atoms with Gasteiger partial charge in [0.25, 0.3) is 0 Å². The molecule has 0 aliphatic heterocycles. The van der Waals surface area contributed by atoms with Crippen LogP contribution in [0.1, 0.15) is 63.8 Å². The van der Waals surface area contributed by atoms with Gasteiger partial charge in [-0.3, -0.25) is 0 Å². The summed E-state index contributed by atoms with van der Waals surface area (Å²) in [6.45, 7) is 13.7. The molecule has 0 saturated heterocycles. The minimum Gasteiger partial charge on any atom is -0.0579 e. The first-order chi connectivity index (χ1) is 9.66. The van der Waals surface area contributed by atoms with Crippen molar-refractivity contribution in [3.8, 4) is 11.1 Å². The van der Waals surface area contributed by atoms with E-state index >= 15 is 0 Å². The smallest absolute Gasteiger partial charge is 0 e. The molecule has 22 heavy (non-hydrogen) atoms. The van der Waals surface area contributed by atoms with Crippen LogP contribution in [-0.4, -0.2) is 0 Å². The van der Waals surface area contributed by atoms with Gasteiger partial charge in [-0.2, -0.15) is 0 Å². The molecule has 1 aliphatic carbocycles. The van der Waals surface area contributed by atoms with E-state index < -0.39 is 0 Å². The summed E-state index contributed by atoms with van der Waals surface area (Å²) in [5, 5.41) is 0. The van der Waals surface area contributed by atoms with Crippen molar-refractivity contribution in [3.05, 3.63) is 58.7 Å². The second-order valence-corrected chi connectivity index (χ2v) is 8.42. The van der Waals surface area contributed by atoms with Crippen molar-refractivity contribution < 1.29 is 21.7 Å². The van der Waals surface area contributed by atoms with Crippen LogP contribution in [-0.2, 0) is 39.0 Å². The van der Waals surface area contributed by atoms with Gasteiger partial charge in [-0.1, -0.05) is 77.9 Å². The van der Waals surface area contributed by atoms with Crippen LogP contribution in [0.2, 0.25) is 0 Å². The molecule has 0 spiro atoms. The molecule has 0 bridgehead atoms. The maximum absolute atomic E-state index is 2.41. The van der Waals surface area contributed by atoms with Gasteiger partial charge in [-0.25, -0.2) is 0 Å². The van der Waals surface area contributed by atoms with Gasteiger partial charge < -0.3 is 0 Å². The molecule has 2 aromatic rings. The quantitative estimate of drug-likeness (QED) is 0.455. The summed E-state index contributed by atoms with van der Waals surface area (Å²) in [5.74, 6) is 0. The Morgan fingerprint density at radius 1 is 0.636 bits per heavy atom. The van der Waals surface area contributed by atoms with Gasteiger partial charge >= 0.3 is 0 Å². The van der Waals surface area contributed by atoms with E-state index in [9.17, 15) is 0 Å². The summed E-state index contributed by atoms with van der Waals surface area (Å²) in [4.78, 5) is 0. The molecule has 3 rings (SSSR count). The predicted octanol–water partition coefficient (Wildman–Crippen LogP) is 5.85. The molecule has 0 fully saturated rings. The monoisotopic (exact) mass is 326 g/mol. The fourth-order valence-electron chi connectivity index (χ4n) is 3.14. The maximum atomic E-state index is 2.41. The van der Waals surface area contributed by atoms with Gasteiger partial charge in [0.1, 0.15) is 0 Å². The van der Waals surface area contributed by atoms with Crippen molar-refractivity contribution in [2.45, 2.75) is 58.8 Å². The number of benzene rings is 2. The van der Waals surface area contributed by atoms with E-state index in [1.54, 1.807) is 0 Å². The second kappa shape index (κ2) is 5.66. The molecule has 0 saturated carbocycles. The Bertz CT molecular complexity index is 635. The molecular formula is C21H26Ti. The molecule has 0 aromatic heterocycles. The summed E-state index contributed by atoms with van der Waals surface area (Å²) in [5.41, 5.74) is 9.15. The molecule has 2 aromatic carbocycles. The third kappa shape index (κ3) is 3.10. The summed E-state index contributed by atoms with van der Waals surface area (Å²) >= 11 is 0. The molecule has 0 amide bonds. The number of fused-ring (bicyclic) bond motifs is 3. The normalized spacial score (nSPS) is 13.4. The van der Waals surface area contributed by atoms with Crippen LogP contribution in [0.3, 0.4) is 0 Å². The third-order valence-electron chi connectivity index (χ3n) is 4.61. The molecular weight excluding hydrogens is 300 g/mol. The molecule has 0 N–H and O–H groups in total. The Morgan fingerprint density at radius 3 is 1.32 bits per heavy atom. The van der Waals surface area contributed by atoms with E-state index in [1.807, 2.05) is 0 Å². The second-order valence-electron chi connectivity index (χ2n) is 8.42. The van der Waals surface area contributed by atoms with Crippen LogP contribution >= 0.6 is 0 Å². The van der Waals surface area contributed by atoms with E-state index in [0.29, 0.717) is 0 Å². The number of rotatable bonds is 0. The van der Waals surface area contributed by atoms with Gasteiger partial charge in [0.15, 0.2) is 0 Å². The van der Waals surface area contributed by atoms with Gasteiger partial charge in [-0.15, -0.1) is 0 Å². The Morgan fingerprint density at radius 2 is 1.00 bits per heavy atom. The Balaban J connectivity index is 0.00000176. The summed E-state index contributed by atoms with van der Waals surface area (Å²) in [6, 6.07) is 14.0. The number of hydrogen-bond acceptors (Lipinski definition) is 0. The van der Waals surface area contributed by atoms with Crippen molar-refractivity contribution in [1.29, 1.82) is 0 Å². The topological polar surface area (TPSA) is 0 Å². The van der Waals surface area contributed by atoms with Crippen LogP contribution in [0.4, 0.5) is 0 Å². The van der Waals surface area contributed by atoms with Crippen LogP contribution in [0.25, 0.3) is 11.1 Å². The fourth-order valence-corrected chi connectivity index (χ4v) is 3.14. The molecule has 114 valence electrons. The van der Waals surface area contributed by atoms with Gasteiger partial charge in [0.2, 0.25) is 0 Å². The minimum absolute atomic E-state index is 0. The predicted molar refractivity (Wildman–Crippen MR) is 92.1 cm³/mol. The molecule has 0 heterocycles. The summed E-state index contributed by atoms with van der Waals surface area (Å²) in [7, 11) is 0. The molecule has 0 nitrogen and oxygen atoms in total. The Labute approximate surface area is 150 Å². The third-order valence-corrected chi connectivity index (χ3v) is 4.61. The summed E-state index contributed by atoms with van der Waals surface area (Å²) in [6.07, 6.45) is 1.08. The van der Waals surface area contributed by atoms with Crippen LogP contribution in [0, 0.1) is 0 Å². The zero-order valence-electron chi connectivity index (χ0n) is 14.7. The SMILES string of the molecule is CC(C)(C)c1ccc2c(c1)Cc1cc(C(C)(C)C)ccc1-2.[Ti]. The zero-order chi connectivity index (χ0) is 15.4. The average Bonchev–Trinajstić information content (AvgIpc) is 2.73. The Kier molecular flexibility index (Phi) is 4.50.